The van der Waals surface area contributed by atoms with Gasteiger partial charge >= 0.3 is 0 Å². The molecule has 0 bridgehead atoms. The fourth-order valence-corrected chi connectivity index (χ4v) is 1.61. The normalized spacial score (nSPS) is 15.4. The number of carbonyl (C=O) groups excluding carboxylic acids is 3. The average Bonchev–Trinajstić information content (AvgIpc) is 2.14. The van der Waals surface area contributed by atoms with E-state index in [9.17, 15) is 24.6 Å². The van der Waals surface area contributed by atoms with E-state index in [1.165, 1.54) is 0 Å². The Kier molecular flexibility index (Phi) is 4.48. The van der Waals surface area contributed by atoms with Gasteiger partial charge in [-0.1, -0.05) is 0 Å². The van der Waals surface area contributed by atoms with Crippen LogP contribution in [0.3, 0.4) is 0 Å². The van der Waals surface area contributed by atoms with E-state index in [2.05, 4.69) is 0 Å². The van der Waals surface area contributed by atoms with Gasteiger partial charge in [0.2, 0.25) is 5.60 Å². The van der Waals surface area contributed by atoms with Gasteiger partial charge in [0.15, 0.2) is 11.6 Å². The maximum Gasteiger partial charge on any atom is 0.212 e. The van der Waals surface area contributed by atoms with Gasteiger partial charge in [0.1, 0.15) is 11.4 Å². The first kappa shape index (κ1) is 14.9. The molecule has 0 amide bonds. The first-order valence-electron chi connectivity index (χ1n) is 4.69. The highest BCUT2D eigenvalue weighted by Gasteiger charge is 2.56. The van der Waals surface area contributed by atoms with Gasteiger partial charge in [0.05, 0.1) is 6.61 Å². The van der Waals surface area contributed by atoms with Gasteiger partial charge in [-0.2, -0.15) is 0 Å². The van der Waals surface area contributed by atoms with Crippen LogP contribution in [0.2, 0.25) is 0 Å². The van der Waals surface area contributed by atoms with Gasteiger partial charge in [-0.3, -0.25) is 14.4 Å². The van der Waals surface area contributed by atoms with Crippen LogP contribution < -0.4 is 0 Å². The topological polar surface area (TPSA) is 112 Å². The zero-order chi connectivity index (χ0) is 13.1. The summed E-state index contributed by atoms with van der Waals surface area (Å²) in [6.45, 7) is 1.86. The predicted octanol–water partition coefficient (Wildman–Crippen LogP) is -1.40. The van der Waals surface area contributed by atoms with Crippen molar-refractivity contribution < 1.29 is 29.7 Å². The highest BCUT2D eigenvalue weighted by atomic mass is 16.4. The summed E-state index contributed by atoms with van der Waals surface area (Å²) in [5, 5.41) is 28.8. The number of aliphatic hydroxyl groups excluding tert-OH is 1. The Hall–Kier alpha value is -1.11. The van der Waals surface area contributed by atoms with Gasteiger partial charge < -0.3 is 15.3 Å². The van der Waals surface area contributed by atoms with Crippen molar-refractivity contribution in [2.45, 2.75) is 38.4 Å². The molecule has 0 saturated heterocycles. The van der Waals surface area contributed by atoms with Crippen molar-refractivity contribution >= 4 is 17.3 Å². The third kappa shape index (κ3) is 2.34. The van der Waals surface area contributed by atoms with Crippen molar-refractivity contribution in [3.63, 3.8) is 0 Å². The number of Topliss-reactive ketones (excluding diaryl/α,β-unsaturated/α-hetero) is 3. The number of aliphatic hydroxyl groups is 3. The molecular weight excluding hydrogens is 216 g/mol. The molecular formula is C10H16O6. The van der Waals surface area contributed by atoms with Crippen molar-refractivity contribution in [2.75, 3.05) is 6.61 Å². The molecule has 0 spiro atoms. The van der Waals surface area contributed by atoms with Crippen LogP contribution in [0.5, 0.6) is 0 Å². The summed E-state index contributed by atoms with van der Waals surface area (Å²) >= 11 is 0. The van der Waals surface area contributed by atoms with Gasteiger partial charge in [-0.15, -0.1) is 0 Å². The Morgan fingerprint density at radius 3 is 1.56 bits per heavy atom. The Labute approximate surface area is 92.9 Å². The van der Waals surface area contributed by atoms with E-state index in [4.69, 9.17) is 5.11 Å². The first-order valence-corrected chi connectivity index (χ1v) is 4.69. The van der Waals surface area contributed by atoms with Crippen molar-refractivity contribution in [1.29, 1.82) is 0 Å². The molecule has 0 aromatic carbocycles. The quantitative estimate of drug-likeness (QED) is 0.485. The smallest absolute Gasteiger partial charge is 0.212 e. The van der Waals surface area contributed by atoms with Crippen LogP contribution in [-0.4, -0.2) is 50.5 Å². The summed E-state index contributed by atoms with van der Waals surface area (Å²) in [5.74, 6) is -2.59. The summed E-state index contributed by atoms with van der Waals surface area (Å²) in [6.07, 6.45) is -0.681. The largest absolute Gasteiger partial charge is 0.393 e. The number of ketones is 3. The highest BCUT2D eigenvalue weighted by molar-refractivity contribution is 6.10. The van der Waals surface area contributed by atoms with Crippen LogP contribution in [0.4, 0.5) is 0 Å². The second kappa shape index (κ2) is 4.82. The molecule has 0 aromatic rings. The van der Waals surface area contributed by atoms with Gasteiger partial charge in [0, 0.05) is 6.42 Å². The average molecular weight is 232 g/mol. The zero-order valence-electron chi connectivity index (χ0n) is 9.48. The molecule has 0 aliphatic rings. The minimum Gasteiger partial charge on any atom is -0.393 e. The minimum absolute atomic E-state index is 0.558. The molecule has 0 heterocycles. The summed E-state index contributed by atoms with van der Waals surface area (Å²) in [4.78, 5) is 33.4. The Balaban J connectivity index is 5.55. The molecule has 6 heteroatoms. The molecule has 1 atom stereocenters. The van der Waals surface area contributed by atoms with E-state index in [1.807, 2.05) is 0 Å². The molecule has 16 heavy (non-hydrogen) atoms. The van der Waals surface area contributed by atoms with E-state index in [0.717, 1.165) is 20.8 Å². The second-order valence-corrected chi connectivity index (χ2v) is 3.89. The van der Waals surface area contributed by atoms with Crippen LogP contribution >= 0.6 is 0 Å². The van der Waals surface area contributed by atoms with E-state index >= 15 is 0 Å². The Morgan fingerprint density at radius 2 is 1.38 bits per heavy atom. The summed E-state index contributed by atoms with van der Waals surface area (Å²) in [5.41, 5.74) is -5.23. The first-order chi connectivity index (χ1) is 7.11. The van der Waals surface area contributed by atoms with Crippen molar-refractivity contribution in [3.05, 3.63) is 0 Å². The lowest BCUT2D eigenvalue weighted by molar-refractivity contribution is -0.189. The van der Waals surface area contributed by atoms with Crippen molar-refractivity contribution in [3.8, 4) is 0 Å². The third-order valence-electron chi connectivity index (χ3n) is 2.50. The number of carbonyl (C=O) groups is 3. The number of hydrogen-bond donors (Lipinski definition) is 3. The van der Waals surface area contributed by atoms with E-state index in [1.54, 1.807) is 0 Å². The summed E-state index contributed by atoms with van der Waals surface area (Å²) in [6, 6.07) is 0. The number of rotatable bonds is 6. The fraction of sp³-hybridized carbons (Fsp3) is 0.700. The van der Waals surface area contributed by atoms with Gasteiger partial charge in [-0.05, 0) is 20.8 Å². The molecule has 92 valence electrons. The van der Waals surface area contributed by atoms with Crippen molar-refractivity contribution in [2.24, 2.45) is 0 Å². The molecule has 0 rings (SSSR count). The molecule has 0 fully saturated rings. The maximum atomic E-state index is 11.2. The molecule has 6 nitrogen and oxygen atoms in total. The van der Waals surface area contributed by atoms with Crippen LogP contribution in [0.25, 0.3) is 0 Å². The lowest BCUT2D eigenvalue weighted by atomic mass is 9.75. The maximum absolute atomic E-state index is 11.2. The van der Waals surface area contributed by atoms with Gasteiger partial charge in [-0.25, -0.2) is 0 Å². The van der Waals surface area contributed by atoms with E-state index in [-0.39, 0.29) is 0 Å². The molecule has 1 unspecified atom stereocenters. The predicted molar refractivity (Wildman–Crippen MR) is 53.6 cm³/mol. The van der Waals surface area contributed by atoms with Gasteiger partial charge in [0.25, 0.3) is 0 Å². The highest BCUT2D eigenvalue weighted by Crippen LogP contribution is 2.28. The van der Waals surface area contributed by atoms with Crippen LogP contribution in [0, 0.1) is 0 Å². The van der Waals surface area contributed by atoms with Crippen LogP contribution in [0.15, 0.2) is 0 Å². The monoisotopic (exact) mass is 232 g/mol. The zero-order valence-corrected chi connectivity index (χ0v) is 9.48. The summed E-state index contributed by atoms with van der Waals surface area (Å²) < 4.78 is 0. The Bertz CT molecular complexity index is 307. The molecule has 0 saturated carbocycles. The second-order valence-electron chi connectivity index (χ2n) is 3.89. The van der Waals surface area contributed by atoms with E-state index in [0.29, 0.717) is 0 Å². The third-order valence-corrected chi connectivity index (χ3v) is 2.50. The fourth-order valence-electron chi connectivity index (χ4n) is 1.61. The molecule has 0 aromatic heterocycles. The summed E-state index contributed by atoms with van der Waals surface area (Å²) in [7, 11) is 0. The molecule has 3 N–H and O–H groups in total. The SMILES string of the molecule is CC(=O)CC(O)(CO)C(O)(C(C)=O)C(C)=O. The van der Waals surface area contributed by atoms with Crippen LogP contribution in [-0.2, 0) is 14.4 Å². The Morgan fingerprint density at radius 1 is 1.00 bits per heavy atom. The molecule has 0 aliphatic heterocycles. The number of hydrogen-bond acceptors (Lipinski definition) is 6. The van der Waals surface area contributed by atoms with E-state index < -0.39 is 41.6 Å². The van der Waals surface area contributed by atoms with Crippen molar-refractivity contribution in [1.82, 2.24) is 0 Å². The van der Waals surface area contributed by atoms with Crippen LogP contribution in [0.1, 0.15) is 27.2 Å². The standard InChI is InChI=1S/C10H16O6/c1-6(12)4-9(15,5-11)10(16,7(2)13)8(3)14/h11,15-16H,4-5H2,1-3H3. The lowest BCUT2D eigenvalue weighted by Gasteiger charge is -2.38. The minimum atomic E-state index is -2.76. The molecule has 0 aliphatic carbocycles. The lowest BCUT2D eigenvalue weighted by Crippen LogP contribution is -2.65. The molecule has 0 radical (unpaired) electrons.